The summed E-state index contributed by atoms with van der Waals surface area (Å²) < 4.78 is 0. The van der Waals surface area contributed by atoms with E-state index in [0.29, 0.717) is 0 Å². The van der Waals surface area contributed by atoms with Crippen LogP contribution in [0.1, 0.15) is 0 Å². The van der Waals surface area contributed by atoms with Gasteiger partial charge in [-0.15, -0.1) is 12.6 Å². The van der Waals surface area contributed by atoms with E-state index in [1.165, 1.54) is 5.41 Å². The topological polar surface area (TPSA) is 55.1 Å². The summed E-state index contributed by atoms with van der Waals surface area (Å²) in [6.07, 6.45) is 0. The molecule has 72 valence electrons. The van der Waals surface area contributed by atoms with Crippen LogP contribution < -0.4 is 16.5 Å². The summed E-state index contributed by atoms with van der Waals surface area (Å²) in [5, 5.41) is 3.91. The van der Waals surface area contributed by atoms with E-state index in [-0.39, 0.29) is 11.6 Å². The number of nitrogens with one attached hydrogen (secondary N) is 1. The van der Waals surface area contributed by atoms with Crippen LogP contribution >= 0.6 is 12.6 Å². The predicted octanol–water partition coefficient (Wildman–Crippen LogP) is -0.387. The van der Waals surface area contributed by atoms with E-state index < -0.39 is 0 Å². The van der Waals surface area contributed by atoms with Crippen molar-refractivity contribution in [3.63, 3.8) is 0 Å². The maximum absolute atomic E-state index is 11.3. The third-order valence-corrected chi connectivity index (χ3v) is 1.99. The molecule has 0 bridgehead atoms. The Labute approximate surface area is 89.2 Å². The minimum absolute atomic E-state index is 0.0916. The molecule has 5 heteroatoms. The molecule has 1 aromatic carbocycles. The lowest BCUT2D eigenvalue weighted by Gasteiger charge is -2.04. The molecule has 1 rings (SSSR count). The smallest absolute Gasteiger partial charge is 0.272 e. The van der Waals surface area contributed by atoms with Crippen molar-refractivity contribution < 1.29 is 4.79 Å². The highest BCUT2D eigenvalue weighted by molar-refractivity contribution is 7.83. The Hall–Kier alpha value is -1.36. The zero-order valence-electron chi connectivity index (χ0n) is 7.82. The zero-order valence-corrected chi connectivity index (χ0v) is 8.71. The number of hydrogen-bond acceptors (Lipinski definition) is 3. The molecular weight excluding hydrogens is 195 g/mol. The van der Waals surface area contributed by atoms with Crippen molar-refractivity contribution >= 4 is 37.5 Å². The van der Waals surface area contributed by atoms with E-state index in [9.17, 15) is 4.79 Å². The Balaban J connectivity index is 2.70. The van der Waals surface area contributed by atoms with Crippen LogP contribution in [-0.4, -0.2) is 13.8 Å². The van der Waals surface area contributed by atoms with Crippen molar-refractivity contribution in [2.24, 2.45) is 5.73 Å². The van der Waals surface area contributed by atoms with E-state index in [1.807, 2.05) is 32.1 Å². The van der Waals surface area contributed by atoms with Crippen LogP contribution in [0.3, 0.4) is 0 Å². The number of carbonyl (C=O) groups excluding carboxylic acids is 1. The molecule has 0 aliphatic rings. The van der Waals surface area contributed by atoms with Gasteiger partial charge in [-0.05, 0) is 17.5 Å². The summed E-state index contributed by atoms with van der Waals surface area (Å²) in [6, 6.07) is 7.46. The van der Waals surface area contributed by atoms with Crippen molar-refractivity contribution in [1.29, 1.82) is 0 Å². The average Bonchev–Trinajstić information content (AvgIpc) is 2.20. The number of amides is 1. The van der Waals surface area contributed by atoms with Crippen LogP contribution in [0.25, 0.3) is 0 Å². The summed E-state index contributed by atoms with van der Waals surface area (Å²) in [7, 11) is 1.98. The monoisotopic (exact) mass is 206 g/mol. The van der Waals surface area contributed by atoms with Gasteiger partial charge in [0.15, 0.2) is 0 Å². The van der Waals surface area contributed by atoms with Gasteiger partial charge in [0.05, 0.1) is 0 Å². The Kier molecular flexibility index (Phi) is 3.65. The van der Waals surface area contributed by atoms with E-state index in [1.54, 1.807) is 0 Å². The Morgan fingerprint density at radius 2 is 2.00 bits per heavy atom. The second kappa shape index (κ2) is 4.76. The summed E-state index contributed by atoms with van der Waals surface area (Å²) in [5.41, 5.74) is 7.32. The first-order chi connectivity index (χ1) is 6.63. The van der Waals surface area contributed by atoms with Crippen LogP contribution in [0.2, 0.25) is 0 Å². The van der Waals surface area contributed by atoms with Gasteiger partial charge in [0, 0.05) is 5.69 Å². The van der Waals surface area contributed by atoms with E-state index in [4.69, 9.17) is 5.73 Å². The molecule has 1 amide bonds. The number of rotatable bonds is 2. The summed E-state index contributed by atoms with van der Waals surface area (Å²) in [5.74, 6) is -0.344. The Morgan fingerprint density at radius 1 is 1.43 bits per heavy atom. The number of carbonyl (C=O) groups is 1. The normalized spacial score (nSPS) is 11.1. The second-order valence-electron chi connectivity index (χ2n) is 2.90. The molecule has 0 radical (unpaired) electrons. The second-order valence-corrected chi connectivity index (χ2v) is 3.16. The van der Waals surface area contributed by atoms with Gasteiger partial charge in [0.1, 0.15) is 13.5 Å². The summed E-state index contributed by atoms with van der Waals surface area (Å²) in [4.78, 5) is 11.3. The highest BCUT2D eigenvalue weighted by Crippen LogP contribution is 2.04. The molecule has 0 saturated carbocycles. The molecule has 0 spiro atoms. The van der Waals surface area contributed by atoms with E-state index in [2.05, 4.69) is 17.9 Å². The fraction of sp³-hybridized carbons (Fsp3) is 0. The molecule has 0 aliphatic carbocycles. The third-order valence-electron chi connectivity index (χ3n) is 1.71. The summed E-state index contributed by atoms with van der Waals surface area (Å²) >= 11 is 3.79. The first-order valence-electron chi connectivity index (χ1n) is 4.11. The quantitative estimate of drug-likeness (QED) is 0.351. The van der Waals surface area contributed by atoms with Crippen LogP contribution in [0.5, 0.6) is 0 Å². The van der Waals surface area contributed by atoms with Crippen LogP contribution in [-0.2, 0) is 4.79 Å². The number of benzene rings is 1. The fourth-order valence-corrected chi connectivity index (χ4v) is 1.02. The van der Waals surface area contributed by atoms with Crippen molar-refractivity contribution in [2.45, 2.75) is 0 Å². The van der Waals surface area contributed by atoms with Gasteiger partial charge in [-0.25, -0.2) is 0 Å². The van der Waals surface area contributed by atoms with Gasteiger partial charge in [-0.3, -0.25) is 4.79 Å². The lowest BCUT2D eigenvalue weighted by atomic mass is 9.96. The average molecular weight is 206 g/mol. The van der Waals surface area contributed by atoms with E-state index in [0.717, 1.165) is 11.2 Å². The number of anilines is 1. The molecule has 0 saturated heterocycles. The molecule has 3 N–H and O–H groups in total. The number of hydrogen-bond donors (Lipinski definition) is 3. The molecule has 0 fully saturated rings. The lowest BCUT2D eigenvalue weighted by Crippen LogP contribution is -2.19. The van der Waals surface area contributed by atoms with Gasteiger partial charge in [-0.1, -0.05) is 17.6 Å². The van der Waals surface area contributed by atoms with Crippen LogP contribution in [0.4, 0.5) is 5.69 Å². The zero-order chi connectivity index (χ0) is 10.6. The van der Waals surface area contributed by atoms with Gasteiger partial charge < -0.3 is 11.1 Å². The van der Waals surface area contributed by atoms with Crippen LogP contribution in [0, 0.1) is 0 Å². The van der Waals surface area contributed by atoms with Crippen LogP contribution in [0.15, 0.2) is 35.4 Å². The molecule has 0 heterocycles. The van der Waals surface area contributed by atoms with Gasteiger partial charge in [0.2, 0.25) is 0 Å². The van der Waals surface area contributed by atoms with Crippen molar-refractivity contribution in [3.05, 3.63) is 35.4 Å². The first kappa shape index (κ1) is 10.7. The largest absolute Gasteiger partial charge is 0.394 e. The SMILES string of the molecule is Bc1ccc(NC(=O)/C(N)=C/S)cc1. The minimum atomic E-state index is -0.344. The lowest BCUT2D eigenvalue weighted by molar-refractivity contribution is -0.112. The highest BCUT2D eigenvalue weighted by Gasteiger charge is 2.03. The van der Waals surface area contributed by atoms with Gasteiger partial charge >= 0.3 is 0 Å². The molecule has 0 aromatic heterocycles. The molecule has 0 unspecified atom stereocenters. The molecular formula is C9H11BN2OS. The standard InChI is InChI=1S/C9H11BN2OS/c10-6-1-3-7(4-2-6)12-9(13)8(11)5-14/h1-5,14H,10-11H2,(H,12,13)/b8-5-. The molecule has 0 atom stereocenters. The van der Waals surface area contributed by atoms with Crippen molar-refractivity contribution in [3.8, 4) is 0 Å². The maximum atomic E-state index is 11.3. The maximum Gasteiger partial charge on any atom is 0.272 e. The van der Waals surface area contributed by atoms with Crippen molar-refractivity contribution in [1.82, 2.24) is 0 Å². The Morgan fingerprint density at radius 3 is 2.50 bits per heavy atom. The summed E-state index contributed by atoms with van der Waals surface area (Å²) in [6.45, 7) is 0. The van der Waals surface area contributed by atoms with E-state index >= 15 is 0 Å². The highest BCUT2D eigenvalue weighted by atomic mass is 32.1. The molecule has 3 nitrogen and oxygen atoms in total. The fourth-order valence-electron chi connectivity index (χ4n) is 0.899. The first-order valence-corrected chi connectivity index (χ1v) is 4.63. The number of nitrogens with two attached hydrogens (primary N) is 1. The molecule has 14 heavy (non-hydrogen) atoms. The molecule has 1 aromatic rings. The molecule has 0 aliphatic heterocycles. The predicted molar refractivity (Wildman–Crippen MR) is 64.5 cm³/mol. The van der Waals surface area contributed by atoms with Gasteiger partial charge in [-0.2, -0.15) is 0 Å². The third kappa shape index (κ3) is 2.85. The Bertz CT molecular complexity index is 362. The van der Waals surface area contributed by atoms with Gasteiger partial charge in [0.25, 0.3) is 5.91 Å². The minimum Gasteiger partial charge on any atom is -0.394 e. The van der Waals surface area contributed by atoms with Crippen molar-refractivity contribution in [2.75, 3.05) is 5.32 Å². The number of thiol groups is 1.